The monoisotopic (exact) mass is 457 g/mol. The SMILES string of the molecule is Cc1oc(-c2ccccc2)nc1CNS(=O)(=O)c1ccc(Cc2sc(=O)[nH]c2O)cc1. The largest absolute Gasteiger partial charge is 0.494 e. The van der Waals surface area contributed by atoms with Gasteiger partial charge in [0.05, 0.1) is 22.0 Å². The van der Waals surface area contributed by atoms with Crippen molar-refractivity contribution in [2.75, 3.05) is 0 Å². The summed E-state index contributed by atoms with van der Waals surface area (Å²) in [5.41, 5.74) is 2.09. The summed E-state index contributed by atoms with van der Waals surface area (Å²) in [5.74, 6) is 0.820. The van der Waals surface area contributed by atoms with Crippen molar-refractivity contribution in [1.82, 2.24) is 14.7 Å². The van der Waals surface area contributed by atoms with Gasteiger partial charge in [-0.25, -0.2) is 18.1 Å². The number of oxazole rings is 1. The molecular weight excluding hydrogens is 438 g/mol. The van der Waals surface area contributed by atoms with E-state index in [2.05, 4.69) is 14.7 Å². The highest BCUT2D eigenvalue weighted by Crippen LogP contribution is 2.23. The van der Waals surface area contributed by atoms with Crippen molar-refractivity contribution >= 4 is 21.4 Å². The molecule has 0 amide bonds. The Balaban J connectivity index is 1.45. The van der Waals surface area contributed by atoms with Gasteiger partial charge in [-0.3, -0.25) is 9.78 Å². The highest BCUT2D eigenvalue weighted by atomic mass is 32.2. The minimum absolute atomic E-state index is 0.00255. The maximum atomic E-state index is 12.7. The summed E-state index contributed by atoms with van der Waals surface area (Å²) in [6.45, 7) is 1.74. The van der Waals surface area contributed by atoms with Crippen LogP contribution in [0.4, 0.5) is 0 Å². The average molecular weight is 458 g/mol. The first-order valence-electron chi connectivity index (χ1n) is 9.33. The van der Waals surface area contributed by atoms with Gasteiger partial charge < -0.3 is 9.52 Å². The summed E-state index contributed by atoms with van der Waals surface area (Å²) in [5, 5.41) is 9.69. The van der Waals surface area contributed by atoms with E-state index in [1.54, 1.807) is 19.1 Å². The molecule has 2 aromatic carbocycles. The molecule has 3 N–H and O–H groups in total. The highest BCUT2D eigenvalue weighted by molar-refractivity contribution is 7.89. The van der Waals surface area contributed by atoms with Crippen LogP contribution in [-0.2, 0) is 23.0 Å². The number of hydrogen-bond acceptors (Lipinski definition) is 7. The van der Waals surface area contributed by atoms with Crippen LogP contribution in [-0.4, -0.2) is 23.5 Å². The topological polar surface area (TPSA) is 125 Å². The van der Waals surface area contributed by atoms with Gasteiger partial charge in [-0.15, -0.1) is 0 Å². The average Bonchev–Trinajstić information content (AvgIpc) is 3.28. The maximum Gasteiger partial charge on any atom is 0.307 e. The number of nitrogens with zero attached hydrogens (tertiary/aromatic N) is 1. The predicted octanol–water partition coefficient (Wildman–Crippen LogP) is 3.17. The number of thiazole rings is 1. The minimum Gasteiger partial charge on any atom is -0.494 e. The molecule has 4 rings (SSSR count). The molecule has 160 valence electrons. The van der Waals surface area contributed by atoms with Crippen LogP contribution in [0, 0.1) is 6.92 Å². The molecule has 0 fully saturated rings. The molecule has 0 aliphatic rings. The molecule has 2 heterocycles. The van der Waals surface area contributed by atoms with Crippen LogP contribution < -0.4 is 9.60 Å². The summed E-state index contributed by atoms with van der Waals surface area (Å²) in [6.07, 6.45) is 0.323. The van der Waals surface area contributed by atoms with Crippen molar-refractivity contribution in [2.24, 2.45) is 0 Å². The number of nitrogens with one attached hydrogen (secondary N) is 2. The van der Waals surface area contributed by atoms with Crippen LogP contribution in [0.15, 0.2) is 68.7 Å². The fraction of sp³-hybridized carbons (Fsp3) is 0.143. The summed E-state index contributed by atoms with van der Waals surface area (Å²) >= 11 is 0.919. The second-order valence-corrected chi connectivity index (χ2v) is 9.65. The third-order valence-corrected chi connectivity index (χ3v) is 6.93. The van der Waals surface area contributed by atoms with Crippen molar-refractivity contribution in [2.45, 2.75) is 24.8 Å². The Morgan fingerprint density at radius 3 is 2.48 bits per heavy atom. The molecule has 0 unspecified atom stereocenters. The minimum atomic E-state index is -3.76. The molecule has 8 nitrogen and oxygen atoms in total. The van der Waals surface area contributed by atoms with Crippen LogP contribution in [0.2, 0.25) is 0 Å². The van der Waals surface area contributed by atoms with Crippen LogP contribution in [0.1, 0.15) is 21.9 Å². The van der Waals surface area contributed by atoms with Gasteiger partial charge in [0.2, 0.25) is 21.8 Å². The summed E-state index contributed by atoms with van der Waals surface area (Å²) in [4.78, 5) is 18.3. The third-order valence-electron chi connectivity index (χ3n) is 4.64. The lowest BCUT2D eigenvalue weighted by atomic mass is 10.1. The lowest BCUT2D eigenvalue weighted by Gasteiger charge is -2.07. The Morgan fingerprint density at radius 2 is 1.84 bits per heavy atom. The molecule has 0 radical (unpaired) electrons. The summed E-state index contributed by atoms with van der Waals surface area (Å²) in [6, 6.07) is 15.6. The quantitative estimate of drug-likeness (QED) is 0.391. The molecule has 0 spiro atoms. The van der Waals surface area contributed by atoms with Crippen molar-refractivity contribution in [3.63, 3.8) is 0 Å². The highest BCUT2D eigenvalue weighted by Gasteiger charge is 2.17. The van der Waals surface area contributed by atoms with Gasteiger partial charge in [0.1, 0.15) is 5.76 Å². The van der Waals surface area contributed by atoms with E-state index in [1.165, 1.54) is 12.1 Å². The predicted molar refractivity (Wildman–Crippen MR) is 117 cm³/mol. The lowest BCUT2D eigenvalue weighted by molar-refractivity contribution is 0.451. The molecule has 0 saturated carbocycles. The number of H-pyrrole nitrogens is 1. The van der Waals surface area contributed by atoms with E-state index in [-0.39, 0.29) is 22.2 Å². The van der Waals surface area contributed by atoms with E-state index in [1.807, 2.05) is 30.3 Å². The van der Waals surface area contributed by atoms with E-state index in [4.69, 9.17) is 4.42 Å². The van der Waals surface area contributed by atoms with Gasteiger partial charge in [0, 0.05) is 12.0 Å². The van der Waals surface area contributed by atoms with Crippen LogP contribution in [0.5, 0.6) is 5.88 Å². The number of aromatic hydroxyl groups is 1. The molecule has 10 heteroatoms. The molecule has 0 aliphatic heterocycles. The number of benzene rings is 2. The normalized spacial score (nSPS) is 11.6. The van der Waals surface area contributed by atoms with E-state index >= 15 is 0 Å². The number of aromatic amines is 1. The maximum absolute atomic E-state index is 12.7. The van der Waals surface area contributed by atoms with Gasteiger partial charge in [-0.2, -0.15) is 0 Å². The first kappa shape index (κ1) is 21.0. The first-order chi connectivity index (χ1) is 14.8. The van der Waals surface area contributed by atoms with Crippen molar-refractivity contribution in [3.05, 3.63) is 86.2 Å². The number of rotatable bonds is 7. The first-order valence-corrected chi connectivity index (χ1v) is 11.6. The third kappa shape index (κ3) is 4.76. The second kappa shape index (κ2) is 8.50. The van der Waals surface area contributed by atoms with Crippen LogP contribution in [0.3, 0.4) is 0 Å². The molecule has 0 atom stereocenters. The van der Waals surface area contributed by atoms with Gasteiger partial charge in [0.25, 0.3) is 0 Å². The molecule has 0 bridgehead atoms. The molecule has 0 saturated heterocycles. The van der Waals surface area contributed by atoms with Gasteiger partial charge in [0.15, 0.2) is 0 Å². The van der Waals surface area contributed by atoms with E-state index in [0.717, 1.165) is 22.5 Å². The molecule has 31 heavy (non-hydrogen) atoms. The fourth-order valence-corrected chi connectivity index (χ4v) is 4.73. The van der Waals surface area contributed by atoms with Crippen molar-refractivity contribution < 1.29 is 17.9 Å². The van der Waals surface area contributed by atoms with Gasteiger partial charge >= 0.3 is 4.87 Å². The van der Waals surface area contributed by atoms with Crippen LogP contribution >= 0.6 is 11.3 Å². The van der Waals surface area contributed by atoms with E-state index in [0.29, 0.717) is 28.6 Å². The van der Waals surface area contributed by atoms with E-state index in [9.17, 15) is 18.3 Å². The van der Waals surface area contributed by atoms with Crippen molar-refractivity contribution in [3.8, 4) is 17.3 Å². The molecule has 4 aromatic rings. The van der Waals surface area contributed by atoms with E-state index < -0.39 is 10.0 Å². The zero-order valence-electron chi connectivity index (χ0n) is 16.5. The van der Waals surface area contributed by atoms with Gasteiger partial charge in [-0.1, -0.05) is 41.7 Å². The Hall–Kier alpha value is -3.21. The Kier molecular flexibility index (Phi) is 5.77. The molecule has 2 aromatic heterocycles. The summed E-state index contributed by atoms with van der Waals surface area (Å²) < 4.78 is 33.5. The number of aromatic nitrogens is 2. The number of hydrogen-bond donors (Lipinski definition) is 3. The zero-order valence-corrected chi connectivity index (χ0v) is 18.1. The second-order valence-electron chi connectivity index (χ2n) is 6.82. The Labute approximate surface area is 182 Å². The molecule has 0 aliphatic carbocycles. The van der Waals surface area contributed by atoms with Crippen LogP contribution in [0.25, 0.3) is 11.5 Å². The Bertz CT molecular complexity index is 1350. The number of aryl methyl sites for hydroxylation is 1. The Morgan fingerprint density at radius 1 is 1.13 bits per heavy atom. The lowest BCUT2D eigenvalue weighted by Crippen LogP contribution is -2.23. The zero-order chi connectivity index (χ0) is 22.0. The standard InChI is InChI=1S/C21H19N3O5S2/c1-13-17(23-20(29-13)15-5-3-2-4-6-15)12-22-31(27,28)16-9-7-14(8-10-16)11-18-19(25)24-21(26)30-18/h2-10,22,25H,11-12H2,1H3,(H,24,26). The molecular formula is C21H19N3O5S2. The van der Waals surface area contributed by atoms with Gasteiger partial charge in [-0.05, 0) is 36.8 Å². The smallest absolute Gasteiger partial charge is 0.307 e. The van der Waals surface area contributed by atoms with Crippen molar-refractivity contribution in [1.29, 1.82) is 0 Å². The summed E-state index contributed by atoms with van der Waals surface area (Å²) in [7, 11) is -3.76. The number of sulfonamides is 1. The fourth-order valence-electron chi connectivity index (χ4n) is 2.99.